The van der Waals surface area contributed by atoms with Gasteiger partial charge in [-0.25, -0.2) is 18.0 Å². The molecule has 4 aliphatic rings. The van der Waals surface area contributed by atoms with Crippen LogP contribution in [0.25, 0.3) is 11.0 Å². The van der Waals surface area contributed by atoms with Crippen LogP contribution in [0.15, 0.2) is 72.8 Å². The van der Waals surface area contributed by atoms with Gasteiger partial charge in [0.1, 0.15) is 28.4 Å². The van der Waals surface area contributed by atoms with Crippen LogP contribution in [0.3, 0.4) is 0 Å². The molecule has 52 heavy (non-hydrogen) atoms. The van der Waals surface area contributed by atoms with Gasteiger partial charge in [0.25, 0.3) is 5.91 Å². The van der Waals surface area contributed by atoms with Gasteiger partial charge in [0.15, 0.2) is 0 Å². The average molecular weight is 730 g/mol. The molecule has 1 spiro atoms. The Morgan fingerprint density at radius 2 is 1.67 bits per heavy atom. The maximum atomic E-state index is 14.4. The molecule has 8 rings (SSSR count). The van der Waals surface area contributed by atoms with Gasteiger partial charge in [-0.2, -0.15) is 0 Å². The Kier molecular flexibility index (Phi) is 12.6. The molecule has 6 unspecified atom stereocenters. The summed E-state index contributed by atoms with van der Waals surface area (Å²) in [6.07, 6.45) is 6.83. The number of halogens is 2. The predicted octanol–water partition coefficient (Wildman–Crippen LogP) is 8.79. The van der Waals surface area contributed by atoms with Crippen LogP contribution in [0.4, 0.5) is 14.5 Å². The van der Waals surface area contributed by atoms with E-state index in [2.05, 4.69) is 57.2 Å². The Hall–Kier alpha value is -4.07. The van der Waals surface area contributed by atoms with E-state index in [1.54, 1.807) is 24.3 Å². The minimum atomic E-state index is -1.37. The summed E-state index contributed by atoms with van der Waals surface area (Å²) in [6, 6.07) is 21.8. The summed E-state index contributed by atoms with van der Waals surface area (Å²) in [7, 11) is -1.37. The standard InChI is InChI=1S/C32H36FN5O2S.C6H5F.2C2H6/c1-4-14-32-20-31(19-28(31)38-21(2)34-26-7-5-6-8-27(26)38)30(32)37(32)17-13-22-11-15-36(16-12-22)29(39)23-9-10-25(24(33)18-23)35-41(3)40;7-6-4-2-1-3-5-6;2*1-2/h5-10,18,22,28,30,35H,11-13,15-17,19-20H2,1-3H3;1-5H;2*1-2H3. The Labute approximate surface area is 310 Å². The van der Waals surface area contributed by atoms with E-state index in [1.807, 2.05) is 39.5 Å². The number of carbonyl (C=O) groups excluding carboxylic acids is 1. The van der Waals surface area contributed by atoms with E-state index in [4.69, 9.17) is 4.98 Å². The summed E-state index contributed by atoms with van der Waals surface area (Å²) in [5.74, 6) is 7.60. The summed E-state index contributed by atoms with van der Waals surface area (Å²) in [5.41, 5.74) is 3.17. The molecule has 0 radical (unpaired) electrons. The molecule has 2 saturated carbocycles. The molecular weight excluding hydrogens is 677 g/mol. The summed E-state index contributed by atoms with van der Waals surface area (Å²) >= 11 is 0. The molecule has 1 amide bonds. The first-order valence-electron chi connectivity index (χ1n) is 18.7. The fraction of sp³-hybridized carbons (Fsp3) is 0.476. The number of aryl methyl sites for hydroxylation is 1. The van der Waals surface area contributed by atoms with Crippen LogP contribution in [0, 0.1) is 41.7 Å². The third-order valence-corrected chi connectivity index (χ3v) is 11.2. The number of amides is 1. The van der Waals surface area contributed by atoms with Crippen molar-refractivity contribution in [2.24, 2.45) is 11.3 Å². The normalized spacial score (nSPS) is 25.6. The quantitative estimate of drug-likeness (QED) is 0.153. The number of hydrogen-bond acceptors (Lipinski definition) is 4. The number of aromatic nitrogens is 2. The van der Waals surface area contributed by atoms with Crippen molar-refractivity contribution in [3.8, 4) is 11.8 Å². The molecule has 2 aliphatic carbocycles. The van der Waals surface area contributed by atoms with Gasteiger partial charge in [-0.15, -0.1) is 5.92 Å². The Morgan fingerprint density at radius 1 is 1.00 bits per heavy atom. The largest absolute Gasteiger partial charge is 0.339 e. The highest BCUT2D eigenvalue weighted by molar-refractivity contribution is 7.85. The smallest absolute Gasteiger partial charge is 0.253 e. The maximum Gasteiger partial charge on any atom is 0.253 e. The van der Waals surface area contributed by atoms with Crippen LogP contribution in [0.1, 0.15) is 88.9 Å². The molecule has 2 saturated heterocycles. The van der Waals surface area contributed by atoms with Crippen LogP contribution >= 0.6 is 0 Å². The number of para-hydroxylation sites is 2. The molecule has 0 bridgehead atoms. The molecule has 4 fully saturated rings. The van der Waals surface area contributed by atoms with Gasteiger partial charge < -0.3 is 14.2 Å². The van der Waals surface area contributed by atoms with Crippen molar-refractivity contribution in [3.05, 3.63) is 95.8 Å². The first-order valence-corrected chi connectivity index (χ1v) is 20.3. The fourth-order valence-electron chi connectivity index (χ4n) is 8.49. The van der Waals surface area contributed by atoms with E-state index in [9.17, 15) is 17.8 Å². The molecule has 4 aromatic rings. The second-order valence-corrected chi connectivity index (χ2v) is 14.7. The number of nitrogens with zero attached hydrogens (tertiary/aromatic N) is 4. The molecule has 10 heteroatoms. The van der Waals surface area contributed by atoms with E-state index in [0.717, 1.165) is 43.6 Å². The van der Waals surface area contributed by atoms with Crippen LogP contribution in [-0.4, -0.2) is 66.9 Å². The van der Waals surface area contributed by atoms with Crippen molar-refractivity contribution in [1.82, 2.24) is 19.4 Å². The highest BCUT2D eigenvalue weighted by Crippen LogP contribution is 2.81. The van der Waals surface area contributed by atoms with Crippen molar-refractivity contribution in [1.29, 1.82) is 0 Å². The number of fused-ring (bicyclic) bond motifs is 3. The van der Waals surface area contributed by atoms with Gasteiger partial charge in [0.05, 0.1) is 22.3 Å². The minimum Gasteiger partial charge on any atom is -0.339 e. The average Bonchev–Trinajstić information content (AvgIpc) is 3.96. The van der Waals surface area contributed by atoms with Crippen molar-refractivity contribution >= 4 is 33.6 Å². The second-order valence-electron chi connectivity index (χ2n) is 13.6. The predicted molar refractivity (Wildman–Crippen MR) is 208 cm³/mol. The number of rotatable bonds is 7. The lowest BCUT2D eigenvalue weighted by atomic mass is 9.71. The Balaban J connectivity index is 0.000000417. The van der Waals surface area contributed by atoms with Crippen molar-refractivity contribution in [3.63, 3.8) is 0 Å². The molecule has 3 heterocycles. The summed E-state index contributed by atoms with van der Waals surface area (Å²) in [6.45, 7) is 14.5. The Morgan fingerprint density at radius 3 is 2.29 bits per heavy atom. The minimum absolute atomic E-state index is 0.0555. The van der Waals surface area contributed by atoms with Gasteiger partial charge in [-0.05, 0) is 94.3 Å². The number of imidazole rings is 1. The fourth-order valence-corrected chi connectivity index (χ4v) is 8.97. The molecule has 7 nitrogen and oxygen atoms in total. The van der Waals surface area contributed by atoms with Gasteiger partial charge in [-0.1, -0.05) is 63.9 Å². The lowest BCUT2D eigenvalue weighted by Crippen LogP contribution is -2.39. The van der Waals surface area contributed by atoms with E-state index >= 15 is 0 Å². The van der Waals surface area contributed by atoms with Crippen LogP contribution in [0.2, 0.25) is 0 Å². The zero-order valence-electron chi connectivity index (χ0n) is 31.6. The molecule has 1 N–H and O–H groups in total. The molecule has 1 aromatic heterocycles. The Bertz CT molecular complexity index is 1930. The third kappa shape index (κ3) is 7.67. The highest BCUT2D eigenvalue weighted by atomic mass is 32.2. The monoisotopic (exact) mass is 729 g/mol. The number of carbonyl (C=O) groups is 1. The van der Waals surface area contributed by atoms with Gasteiger partial charge in [0, 0.05) is 49.0 Å². The summed E-state index contributed by atoms with van der Waals surface area (Å²) in [5, 5.41) is 0. The van der Waals surface area contributed by atoms with Gasteiger partial charge in [0.2, 0.25) is 0 Å². The molecular formula is C42H53F2N5O2S. The first kappa shape index (κ1) is 39.1. The zero-order chi connectivity index (χ0) is 37.6. The van der Waals surface area contributed by atoms with E-state index < -0.39 is 16.8 Å². The zero-order valence-corrected chi connectivity index (χ0v) is 32.4. The molecule has 6 atom stereocenters. The van der Waals surface area contributed by atoms with Crippen molar-refractivity contribution in [2.75, 3.05) is 30.6 Å². The molecule has 3 aromatic carbocycles. The molecule has 278 valence electrons. The summed E-state index contributed by atoms with van der Waals surface area (Å²) in [4.78, 5) is 22.4. The SMILES string of the molecule is CC.CC.CC#CC12CC3(CC3n3c(C)nc4ccccc43)C1N2CCC1CCN(C(=O)c2ccc(NS(C)=O)c(F)c2)CC1.Fc1ccccc1. The number of benzene rings is 3. The van der Waals surface area contributed by atoms with Crippen molar-refractivity contribution < 1.29 is 17.8 Å². The number of hydrogen-bond donors (Lipinski definition) is 1. The topological polar surface area (TPSA) is 70.2 Å². The lowest BCUT2D eigenvalue weighted by Gasteiger charge is -2.32. The number of likely N-dealkylation sites (tertiary alicyclic amines) is 2. The van der Waals surface area contributed by atoms with Gasteiger partial charge in [-0.3, -0.25) is 9.69 Å². The summed E-state index contributed by atoms with van der Waals surface area (Å²) < 4.78 is 42.7. The highest BCUT2D eigenvalue weighted by Gasteiger charge is 2.87. The first-order chi connectivity index (χ1) is 25.2. The van der Waals surface area contributed by atoms with E-state index in [1.165, 1.54) is 42.5 Å². The lowest BCUT2D eigenvalue weighted by molar-refractivity contribution is 0.0684. The van der Waals surface area contributed by atoms with E-state index in [0.29, 0.717) is 42.1 Å². The van der Waals surface area contributed by atoms with Crippen molar-refractivity contribution in [2.45, 2.75) is 91.3 Å². The van der Waals surface area contributed by atoms with Crippen LogP contribution < -0.4 is 4.72 Å². The second kappa shape index (κ2) is 16.7. The van der Waals surface area contributed by atoms with Gasteiger partial charge >= 0.3 is 0 Å². The maximum absolute atomic E-state index is 14.4. The molecule has 2 aliphatic heterocycles. The number of piperidine rings is 1. The van der Waals surface area contributed by atoms with Crippen LogP contribution in [-0.2, 0) is 11.0 Å². The van der Waals surface area contributed by atoms with Crippen LogP contribution in [0.5, 0.6) is 0 Å². The third-order valence-electron chi connectivity index (χ3n) is 10.7. The number of anilines is 1. The van der Waals surface area contributed by atoms with E-state index in [-0.39, 0.29) is 23.0 Å². The number of nitrogens with one attached hydrogen (secondary N) is 1.